The Hall–Kier alpha value is -2.29. The quantitative estimate of drug-likeness (QED) is 0.791. The van der Waals surface area contributed by atoms with Crippen LogP contribution in [0.1, 0.15) is 42.0 Å². The molecule has 0 aliphatic carbocycles. The van der Waals surface area contributed by atoms with Gasteiger partial charge in [-0.3, -0.25) is 9.78 Å². The summed E-state index contributed by atoms with van der Waals surface area (Å²) in [5.74, 6) is 0.282. The zero-order valence-electron chi connectivity index (χ0n) is 16.7. The molecule has 0 unspecified atom stereocenters. The van der Waals surface area contributed by atoms with Gasteiger partial charge in [-0.25, -0.2) is 13.1 Å². The van der Waals surface area contributed by atoms with Gasteiger partial charge in [-0.2, -0.15) is 0 Å². The van der Waals surface area contributed by atoms with Crippen LogP contribution in [-0.4, -0.2) is 39.1 Å². The van der Waals surface area contributed by atoms with E-state index in [4.69, 9.17) is 4.74 Å². The molecule has 3 aliphatic heterocycles. The minimum atomic E-state index is -3.74. The van der Waals surface area contributed by atoms with Gasteiger partial charge in [-0.05, 0) is 66.5 Å². The summed E-state index contributed by atoms with van der Waals surface area (Å²) in [7, 11) is -3.74. The average molecular weight is 428 g/mol. The second-order valence-corrected chi connectivity index (χ2v) is 9.93. The molecule has 5 rings (SSSR count). The fraction of sp³-hybridized carbons (Fsp3) is 0.455. The lowest BCUT2D eigenvalue weighted by Gasteiger charge is -2.31. The first-order chi connectivity index (χ1) is 14.5. The normalized spacial score (nSPS) is 20.3. The Balaban J connectivity index is 1.49. The van der Waals surface area contributed by atoms with E-state index in [0.717, 1.165) is 35.2 Å². The summed E-state index contributed by atoms with van der Waals surface area (Å²) in [6.07, 6.45) is 6.75. The number of hydrogen-bond donors (Lipinski definition) is 1. The lowest BCUT2D eigenvalue weighted by atomic mass is 9.88. The Morgan fingerprint density at radius 3 is 2.63 bits per heavy atom. The molecule has 2 aromatic rings. The second kappa shape index (κ2) is 7.76. The molecule has 8 heteroatoms. The SMILES string of the molecule is O=C1CCc2cc(S(=O)(=O)N[C@H](c3cccnc3)C3CCOCC3)cc3c2N1CC3. The number of pyridine rings is 1. The highest BCUT2D eigenvalue weighted by atomic mass is 32.2. The molecule has 0 radical (unpaired) electrons. The molecule has 4 heterocycles. The van der Waals surface area contributed by atoms with Gasteiger partial charge < -0.3 is 9.64 Å². The maximum Gasteiger partial charge on any atom is 0.241 e. The second-order valence-electron chi connectivity index (χ2n) is 8.22. The number of benzene rings is 1. The van der Waals surface area contributed by atoms with Gasteiger partial charge in [-0.15, -0.1) is 0 Å². The van der Waals surface area contributed by atoms with E-state index in [1.807, 2.05) is 12.1 Å². The number of aromatic nitrogens is 1. The zero-order valence-corrected chi connectivity index (χ0v) is 17.5. The maximum absolute atomic E-state index is 13.4. The van der Waals surface area contributed by atoms with Crippen LogP contribution in [0.3, 0.4) is 0 Å². The smallest absolute Gasteiger partial charge is 0.241 e. The largest absolute Gasteiger partial charge is 0.381 e. The molecule has 30 heavy (non-hydrogen) atoms. The summed E-state index contributed by atoms with van der Waals surface area (Å²) in [6.45, 7) is 1.91. The van der Waals surface area contributed by atoms with E-state index in [9.17, 15) is 13.2 Å². The van der Waals surface area contributed by atoms with Crippen molar-refractivity contribution in [3.8, 4) is 0 Å². The number of rotatable bonds is 5. The average Bonchev–Trinajstić information content (AvgIpc) is 3.21. The molecular weight excluding hydrogens is 402 g/mol. The monoisotopic (exact) mass is 427 g/mol. The van der Waals surface area contributed by atoms with Crippen molar-refractivity contribution in [3.63, 3.8) is 0 Å². The van der Waals surface area contributed by atoms with E-state index in [1.165, 1.54) is 0 Å². The molecule has 158 valence electrons. The fourth-order valence-corrected chi connectivity index (χ4v) is 6.26. The third-order valence-corrected chi connectivity index (χ3v) is 7.82. The van der Waals surface area contributed by atoms with E-state index in [0.29, 0.717) is 39.0 Å². The van der Waals surface area contributed by atoms with Gasteiger partial charge in [0.15, 0.2) is 0 Å². The Bertz CT molecular complexity index is 1070. The van der Waals surface area contributed by atoms with Crippen molar-refractivity contribution in [2.75, 3.05) is 24.7 Å². The lowest BCUT2D eigenvalue weighted by molar-refractivity contribution is -0.118. The first-order valence-electron chi connectivity index (χ1n) is 10.5. The van der Waals surface area contributed by atoms with Crippen LogP contribution in [0.25, 0.3) is 0 Å². The predicted octanol–water partition coefficient (Wildman–Crippen LogP) is 2.36. The molecule has 1 aromatic heterocycles. The number of carbonyl (C=O) groups excluding carboxylic acids is 1. The van der Waals surface area contributed by atoms with E-state index in [2.05, 4.69) is 9.71 Å². The van der Waals surface area contributed by atoms with Gasteiger partial charge >= 0.3 is 0 Å². The molecular formula is C22H25N3O4S. The van der Waals surface area contributed by atoms with Gasteiger partial charge in [0.1, 0.15) is 0 Å². The van der Waals surface area contributed by atoms with Crippen molar-refractivity contribution in [2.24, 2.45) is 5.92 Å². The Morgan fingerprint density at radius 1 is 1.13 bits per heavy atom. The number of sulfonamides is 1. The zero-order chi connectivity index (χ0) is 20.7. The molecule has 1 saturated heterocycles. The number of ether oxygens (including phenoxy) is 1. The minimum absolute atomic E-state index is 0.131. The molecule has 3 aliphatic rings. The van der Waals surface area contributed by atoms with E-state index >= 15 is 0 Å². The summed E-state index contributed by atoms with van der Waals surface area (Å²) in [6, 6.07) is 6.89. The number of amides is 1. The number of carbonyl (C=O) groups is 1. The first kappa shape index (κ1) is 19.7. The first-order valence-corrected chi connectivity index (χ1v) is 12.0. The van der Waals surface area contributed by atoms with Crippen LogP contribution in [0.4, 0.5) is 5.69 Å². The Kier molecular flexibility index (Phi) is 5.08. The topological polar surface area (TPSA) is 88.6 Å². The molecule has 7 nitrogen and oxygen atoms in total. The van der Waals surface area contributed by atoms with Crippen molar-refractivity contribution < 1.29 is 17.9 Å². The third kappa shape index (κ3) is 3.53. The number of anilines is 1. The summed E-state index contributed by atoms with van der Waals surface area (Å²) in [5, 5.41) is 0. The molecule has 1 aromatic carbocycles. The number of hydrogen-bond acceptors (Lipinski definition) is 5. The lowest BCUT2D eigenvalue weighted by Crippen LogP contribution is -2.36. The third-order valence-electron chi connectivity index (χ3n) is 6.40. The van der Waals surface area contributed by atoms with Crippen LogP contribution in [0, 0.1) is 5.92 Å². The van der Waals surface area contributed by atoms with Crippen molar-refractivity contribution >= 4 is 21.6 Å². The molecule has 1 N–H and O–H groups in total. The highest BCUT2D eigenvalue weighted by Crippen LogP contribution is 2.39. The minimum Gasteiger partial charge on any atom is -0.381 e. The van der Waals surface area contributed by atoms with Crippen molar-refractivity contribution in [1.82, 2.24) is 9.71 Å². The van der Waals surface area contributed by atoms with Crippen molar-refractivity contribution in [3.05, 3.63) is 53.3 Å². The highest BCUT2D eigenvalue weighted by Gasteiger charge is 2.35. The highest BCUT2D eigenvalue weighted by molar-refractivity contribution is 7.89. The van der Waals surface area contributed by atoms with Crippen LogP contribution >= 0.6 is 0 Å². The van der Waals surface area contributed by atoms with Gasteiger partial charge in [0.25, 0.3) is 0 Å². The summed E-state index contributed by atoms with van der Waals surface area (Å²) >= 11 is 0. The number of nitrogens with one attached hydrogen (secondary N) is 1. The maximum atomic E-state index is 13.4. The van der Waals surface area contributed by atoms with Crippen LogP contribution < -0.4 is 9.62 Å². The summed E-state index contributed by atoms with van der Waals surface area (Å²) in [5.41, 5.74) is 3.70. The summed E-state index contributed by atoms with van der Waals surface area (Å²) in [4.78, 5) is 18.4. The fourth-order valence-electron chi connectivity index (χ4n) is 4.86. The number of aryl methyl sites for hydroxylation is 1. The number of nitrogens with zero attached hydrogens (tertiary/aromatic N) is 2. The molecule has 1 amide bonds. The predicted molar refractivity (Wildman–Crippen MR) is 112 cm³/mol. The standard InChI is InChI=1S/C22H25N3O4S/c26-20-4-3-16-12-19(13-17-5-9-25(20)22(16)17)30(27,28)24-21(15-6-10-29-11-7-15)18-2-1-8-23-14-18/h1-2,8,12-15,21,24H,3-7,9-11H2/t21-/m0/s1. The van der Waals surface area contributed by atoms with Crippen LogP contribution in [0.5, 0.6) is 0 Å². The molecule has 1 fully saturated rings. The van der Waals surface area contributed by atoms with Gasteiger partial charge in [0.05, 0.1) is 16.6 Å². The van der Waals surface area contributed by atoms with Crippen molar-refractivity contribution in [1.29, 1.82) is 0 Å². The van der Waals surface area contributed by atoms with Gasteiger partial charge in [0.2, 0.25) is 15.9 Å². The Morgan fingerprint density at radius 2 is 1.90 bits per heavy atom. The summed E-state index contributed by atoms with van der Waals surface area (Å²) < 4.78 is 35.3. The molecule has 0 spiro atoms. The van der Waals surface area contributed by atoms with Crippen LogP contribution in [-0.2, 0) is 32.4 Å². The van der Waals surface area contributed by atoms with E-state index in [-0.39, 0.29) is 22.8 Å². The van der Waals surface area contributed by atoms with Crippen LogP contribution in [0.15, 0.2) is 41.6 Å². The Labute approximate surface area is 176 Å². The van der Waals surface area contributed by atoms with Crippen molar-refractivity contribution in [2.45, 2.75) is 43.0 Å². The van der Waals surface area contributed by atoms with Gasteiger partial charge in [0, 0.05) is 38.6 Å². The molecule has 0 saturated carbocycles. The van der Waals surface area contributed by atoms with Gasteiger partial charge in [-0.1, -0.05) is 6.07 Å². The van der Waals surface area contributed by atoms with E-state index in [1.54, 1.807) is 29.4 Å². The molecule has 0 bridgehead atoms. The van der Waals surface area contributed by atoms with Crippen LogP contribution in [0.2, 0.25) is 0 Å². The van der Waals surface area contributed by atoms with E-state index < -0.39 is 10.0 Å². The molecule has 1 atom stereocenters.